The first-order valence-electron chi connectivity index (χ1n) is 7.35. The Morgan fingerprint density at radius 2 is 2.15 bits per heavy atom. The molecule has 4 nitrogen and oxygen atoms in total. The van der Waals surface area contributed by atoms with Gasteiger partial charge in [0.25, 0.3) is 0 Å². The molecule has 0 aliphatic carbocycles. The molecule has 1 saturated heterocycles. The standard InChI is InChI=1S/C16H21NO3/c1-12-10-14-11-13(2-3-16(14)20-12)15(18)4-5-17-6-8-19-9-7-17/h2-3,11-12H,4-10H2,1H3. The van der Waals surface area contributed by atoms with E-state index in [1.165, 1.54) is 0 Å². The monoisotopic (exact) mass is 275 g/mol. The number of morpholine rings is 1. The maximum absolute atomic E-state index is 12.3. The summed E-state index contributed by atoms with van der Waals surface area (Å²) in [6, 6.07) is 5.82. The summed E-state index contributed by atoms with van der Waals surface area (Å²) in [4.78, 5) is 14.6. The molecule has 2 aliphatic heterocycles. The molecule has 20 heavy (non-hydrogen) atoms. The van der Waals surface area contributed by atoms with Gasteiger partial charge in [-0.15, -0.1) is 0 Å². The highest BCUT2D eigenvalue weighted by atomic mass is 16.5. The maximum Gasteiger partial charge on any atom is 0.164 e. The summed E-state index contributed by atoms with van der Waals surface area (Å²) in [5, 5.41) is 0. The Hall–Kier alpha value is -1.39. The lowest BCUT2D eigenvalue weighted by Gasteiger charge is -2.26. The number of carbonyl (C=O) groups is 1. The molecule has 0 aromatic heterocycles. The van der Waals surface area contributed by atoms with E-state index in [4.69, 9.17) is 9.47 Å². The zero-order valence-corrected chi connectivity index (χ0v) is 11.9. The van der Waals surface area contributed by atoms with E-state index in [1.807, 2.05) is 18.2 Å². The molecule has 0 N–H and O–H groups in total. The van der Waals surface area contributed by atoms with Crippen molar-refractivity contribution >= 4 is 5.78 Å². The molecule has 0 radical (unpaired) electrons. The molecule has 2 aliphatic rings. The van der Waals surface area contributed by atoms with Crippen molar-refractivity contribution < 1.29 is 14.3 Å². The van der Waals surface area contributed by atoms with Crippen LogP contribution in [0.2, 0.25) is 0 Å². The van der Waals surface area contributed by atoms with E-state index in [-0.39, 0.29) is 11.9 Å². The highest BCUT2D eigenvalue weighted by Crippen LogP contribution is 2.29. The molecule has 1 aromatic carbocycles. The van der Waals surface area contributed by atoms with Gasteiger partial charge in [-0.05, 0) is 30.7 Å². The second-order valence-electron chi connectivity index (χ2n) is 5.58. The van der Waals surface area contributed by atoms with Crippen LogP contribution in [0.1, 0.15) is 29.3 Å². The van der Waals surface area contributed by atoms with Crippen LogP contribution in [0.4, 0.5) is 0 Å². The van der Waals surface area contributed by atoms with Crippen molar-refractivity contribution in [1.82, 2.24) is 4.90 Å². The van der Waals surface area contributed by atoms with E-state index in [0.29, 0.717) is 6.42 Å². The average Bonchev–Trinajstić information content (AvgIpc) is 2.85. The Balaban J connectivity index is 1.58. The number of fused-ring (bicyclic) bond motifs is 1. The van der Waals surface area contributed by atoms with Crippen LogP contribution in [-0.2, 0) is 11.2 Å². The number of nitrogens with zero attached hydrogens (tertiary/aromatic N) is 1. The zero-order chi connectivity index (χ0) is 13.9. The largest absolute Gasteiger partial charge is 0.490 e. The molecule has 4 heteroatoms. The highest BCUT2D eigenvalue weighted by Gasteiger charge is 2.20. The number of hydrogen-bond donors (Lipinski definition) is 0. The van der Waals surface area contributed by atoms with E-state index in [0.717, 1.165) is 56.1 Å². The number of hydrogen-bond acceptors (Lipinski definition) is 4. The topological polar surface area (TPSA) is 38.8 Å². The first-order chi connectivity index (χ1) is 9.72. The molecular formula is C16H21NO3. The van der Waals surface area contributed by atoms with Crippen molar-refractivity contribution in [2.75, 3.05) is 32.8 Å². The van der Waals surface area contributed by atoms with Crippen LogP contribution in [0.5, 0.6) is 5.75 Å². The Bertz CT molecular complexity index is 494. The lowest BCUT2D eigenvalue weighted by molar-refractivity contribution is 0.0370. The fourth-order valence-corrected chi connectivity index (χ4v) is 2.82. The normalized spacial score (nSPS) is 22.4. The first kappa shape index (κ1) is 13.6. The smallest absolute Gasteiger partial charge is 0.164 e. The van der Waals surface area contributed by atoms with Gasteiger partial charge in [-0.1, -0.05) is 0 Å². The third kappa shape index (κ3) is 3.02. The molecule has 3 rings (SSSR count). The summed E-state index contributed by atoms with van der Waals surface area (Å²) in [6.07, 6.45) is 1.71. The van der Waals surface area contributed by atoms with Gasteiger partial charge in [-0.2, -0.15) is 0 Å². The van der Waals surface area contributed by atoms with Gasteiger partial charge in [0.2, 0.25) is 0 Å². The molecule has 0 amide bonds. The Morgan fingerprint density at radius 3 is 2.95 bits per heavy atom. The van der Waals surface area contributed by atoms with Crippen LogP contribution in [0.3, 0.4) is 0 Å². The van der Waals surface area contributed by atoms with Gasteiger partial charge >= 0.3 is 0 Å². The van der Waals surface area contributed by atoms with E-state index in [2.05, 4.69) is 11.8 Å². The van der Waals surface area contributed by atoms with Crippen LogP contribution in [0.25, 0.3) is 0 Å². The number of carbonyl (C=O) groups excluding carboxylic acids is 1. The lowest BCUT2D eigenvalue weighted by atomic mass is 10.0. The molecule has 1 fully saturated rings. The molecular weight excluding hydrogens is 254 g/mol. The van der Waals surface area contributed by atoms with E-state index in [9.17, 15) is 4.79 Å². The van der Waals surface area contributed by atoms with Crippen molar-refractivity contribution in [3.8, 4) is 5.75 Å². The summed E-state index contributed by atoms with van der Waals surface area (Å²) in [6.45, 7) is 6.31. The van der Waals surface area contributed by atoms with Crippen molar-refractivity contribution in [1.29, 1.82) is 0 Å². The summed E-state index contributed by atoms with van der Waals surface area (Å²) in [7, 11) is 0. The molecule has 0 bridgehead atoms. The maximum atomic E-state index is 12.3. The minimum atomic E-state index is 0.221. The van der Waals surface area contributed by atoms with E-state index < -0.39 is 0 Å². The Morgan fingerprint density at radius 1 is 1.35 bits per heavy atom. The van der Waals surface area contributed by atoms with Crippen LogP contribution < -0.4 is 4.74 Å². The van der Waals surface area contributed by atoms with E-state index in [1.54, 1.807) is 0 Å². The predicted octanol–water partition coefficient (Wildman–Crippen LogP) is 1.92. The van der Waals surface area contributed by atoms with Crippen molar-refractivity contribution in [2.45, 2.75) is 25.9 Å². The third-order valence-corrected chi connectivity index (χ3v) is 3.98. The summed E-state index contributed by atoms with van der Waals surface area (Å²) in [5.74, 6) is 1.15. The first-order valence-corrected chi connectivity index (χ1v) is 7.35. The molecule has 0 saturated carbocycles. The fraction of sp³-hybridized carbons (Fsp3) is 0.562. The van der Waals surface area contributed by atoms with Gasteiger partial charge in [0, 0.05) is 38.0 Å². The molecule has 1 aromatic rings. The van der Waals surface area contributed by atoms with Crippen molar-refractivity contribution in [3.05, 3.63) is 29.3 Å². The summed E-state index contributed by atoms with van der Waals surface area (Å²) < 4.78 is 11.0. The molecule has 108 valence electrons. The van der Waals surface area contributed by atoms with Crippen LogP contribution in [0.15, 0.2) is 18.2 Å². The molecule has 1 unspecified atom stereocenters. The minimum Gasteiger partial charge on any atom is -0.490 e. The fourth-order valence-electron chi connectivity index (χ4n) is 2.82. The predicted molar refractivity (Wildman–Crippen MR) is 76.4 cm³/mol. The second-order valence-corrected chi connectivity index (χ2v) is 5.58. The van der Waals surface area contributed by atoms with Gasteiger partial charge in [-0.25, -0.2) is 0 Å². The number of ether oxygens (including phenoxy) is 2. The van der Waals surface area contributed by atoms with Gasteiger partial charge in [0.15, 0.2) is 5.78 Å². The lowest BCUT2D eigenvalue weighted by Crippen LogP contribution is -2.37. The molecule has 2 heterocycles. The number of benzene rings is 1. The number of Topliss-reactive ketones (excluding diaryl/α,β-unsaturated/α-hetero) is 1. The zero-order valence-electron chi connectivity index (χ0n) is 11.9. The average molecular weight is 275 g/mol. The molecule has 0 spiro atoms. The Kier molecular flexibility index (Phi) is 4.03. The van der Waals surface area contributed by atoms with Gasteiger partial charge in [0.05, 0.1) is 13.2 Å². The quantitative estimate of drug-likeness (QED) is 0.787. The summed E-state index contributed by atoms with van der Waals surface area (Å²) >= 11 is 0. The number of ketones is 1. The van der Waals surface area contributed by atoms with Gasteiger partial charge < -0.3 is 9.47 Å². The van der Waals surface area contributed by atoms with E-state index >= 15 is 0 Å². The van der Waals surface area contributed by atoms with Gasteiger partial charge in [0.1, 0.15) is 11.9 Å². The van der Waals surface area contributed by atoms with Crippen LogP contribution in [-0.4, -0.2) is 49.6 Å². The Labute approximate surface area is 119 Å². The van der Waals surface area contributed by atoms with Crippen LogP contribution >= 0.6 is 0 Å². The highest BCUT2D eigenvalue weighted by molar-refractivity contribution is 5.96. The van der Waals surface area contributed by atoms with Gasteiger partial charge in [-0.3, -0.25) is 9.69 Å². The van der Waals surface area contributed by atoms with Crippen LogP contribution in [0, 0.1) is 0 Å². The second kappa shape index (κ2) is 5.94. The SMILES string of the molecule is CC1Cc2cc(C(=O)CCN3CCOCC3)ccc2O1. The minimum absolute atomic E-state index is 0.221. The van der Waals surface area contributed by atoms with Crippen molar-refractivity contribution in [2.24, 2.45) is 0 Å². The number of rotatable bonds is 4. The third-order valence-electron chi connectivity index (χ3n) is 3.98. The molecule has 1 atom stereocenters. The summed E-state index contributed by atoms with van der Waals surface area (Å²) in [5.41, 5.74) is 1.98. The van der Waals surface area contributed by atoms with Crippen molar-refractivity contribution in [3.63, 3.8) is 0 Å².